The molecule has 1 amide bonds. The van der Waals surface area contributed by atoms with Gasteiger partial charge in [0.2, 0.25) is 0 Å². The highest BCUT2D eigenvalue weighted by Gasteiger charge is 2.19. The van der Waals surface area contributed by atoms with Crippen molar-refractivity contribution in [2.24, 2.45) is 5.92 Å². The number of likely N-dealkylation sites (tertiary alicyclic amines) is 1. The van der Waals surface area contributed by atoms with Gasteiger partial charge in [0.25, 0.3) is 5.91 Å². The number of rotatable bonds is 6. The van der Waals surface area contributed by atoms with Crippen LogP contribution in [0.25, 0.3) is 0 Å². The van der Waals surface area contributed by atoms with Crippen LogP contribution in [0.1, 0.15) is 23.7 Å². The van der Waals surface area contributed by atoms with Gasteiger partial charge in [-0.3, -0.25) is 4.79 Å². The maximum Gasteiger partial charge on any atom is 0.251 e. The topological polar surface area (TPSA) is 41.6 Å². The van der Waals surface area contributed by atoms with E-state index in [1.54, 1.807) is 12.1 Å². The largest absolute Gasteiger partial charge is 0.489 e. The summed E-state index contributed by atoms with van der Waals surface area (Å²) in [5, 5.41) is 3.01. The van der Waals surface area contributed by atoms with E-state index in [1.165, 1.54) is 0 Å². The Kier molecular flexibility index (Phi) is 5.39. The highest BCUT2D eigenvalue weighted by Crippen LogP contribution is 2.15. The maximum atomic E-state index is 12.1. The van der Waals surface area contributed by atoms with Crippen LogP contribution >= 0.6 is 0 Å². The number of carbonyl (C=O) groups is 1. The van der Waals surface area contributed by atoms with Crippen molar-refractivity contribution in [3.05, 3.63) is 42.0 Å². The number of hydrogen-bond acceptors (Lipinski definition) is 3. The molecule has 1 aromatic carbocycles. The van der Waals surface area contributed by atoms with Gasteiger partial charge in [-0.25, -0.2) is 0 Å². The van der Waals surface area contributed by atoms with Crippen LogP contribution in [0.3, 0.4) is 0 Å². The van der Waals surface area contributed by atoms with Crippen molar-refractivity contribution in [3.8, 4) is 5.75 Å². The van der Waals surface area contributed by atoms with Crippen LogP contribution in [0.5, 0.6) is 5.75 Å². The molecule has 0 spiro atoms. The van der Waals surface area contributed by atoms with Gasteiger partial charge in [-0.1, -0.05) is 6.58 Å². The predicted molar refractivity (Wildman–Crippen MR) is 84.7 cm³/mol. The molecule has 1 aliphatic heterocycles. The molecule has 0 bridgehead atoms. The van der Waals surface area contributed by atoms with Gasteiger partial charge in [0.05, 0.1) is 0 Å². The molecule has 2 rings (SSSR count). The number of nitrogens with zero attached hydrogens (tertiary/aromatic N) is 1. The monoisotopic (exact) mass is 288 g/mol. The summed E-state index contributed by atoms with van der Waals surface area (Å²) >= 11 is 0. The van der Waals surface area contributed by atoms with E-state index >= 15 is 0 Å². The van der Waals surface area contributed by atoms with E-state index < -0.39 is 0 Å². The molecule has 0 unspecified atom stereocenters. The Morgan fingerprint density at radius 3 is 2.71 bits per heavy atom. The van der Waals surface area contributed by atoms with Crippen molar-refractivity contribution in [1.29, 1.82) is 0 Å². The van der Waals surface area contributed by atoms with Gasteiger partial charge in [-0.15, -0.1) is 0 Å². The standard InChI is InChI=1S/C17H24N2O2/c1-13(2)12-21-16-6-4-15(5-7-16)17(20)18-10-14-8-9-19(3)11-14/h4-7,14H,1,8-12H2,2-3H3,(H,18,20)/t14-/m0/s1. The lowest BCUT2D eigenvalue weighted by Gasteiger charge is -2.12. The van der Waals surface area contributed by atoms with E-state index in [4.69, 9.17) is 4.74 Å². The molecule has 1 atom stereocenters. The van der Waals surface area contributed by atoms with Gasteiger partial charge in [0.15, 0.2) is 0 Å². The van der Waals surface area contributed by atoms with Gasteiger partial charge < -0.3 is 15.0 Å². The van der Waals surface area contributed by atoms with Crippen molar-refractivity contribution in [3.63, 3.8) is 0 Å². The number of nitrogens with one attached hydrogen (secondary N) is 1. The van der Waals surface area contributed by atoms with Crippen molar-refractivity contribution >= 4 is 5.91 Å². The summed E-state index contributed by atoms with van der Waals surface area (Å²) in [6, 6.07) is 7.23. The molecule has 114 valence electrons. The zero-order valence-corrected chi connectivity index (χ0v) is 12.9. The van der Waals surface area contributed by atoms with Gasteiger partial charge in [-0.2, -0.15) is 0 Å². The van der Waals surface area contributed by atoms with E-state index in [2.05, 4.69) is 23.8 Å². The zero-order valence-electron chi connectivity index (χ0n) is 12.9. The van der Waals surface area contributed by atoms with Crippen LogP contribution in [0.15, 0.2) is 36.4 Å². The molecule has 0 radical (unpaired) electrons. The Morgan fingerprint density at radius 2 is 2.14 bits per heavy atom. The lowest BCUT2D eigenvalue weighted by atomic mass is 10.1. The van der Waals surface area contributed by atoms with Crippen molar-refractivity contribution < 1.29 is 9.53 Å². The quantitative estimate of drug-likeness (QED) is 0.817. The van der Waals surface area contributed by atoms with Crippen LogP contribution in [-0.2, 0) is 0 Å². The van der Waals surface area contributed by atoms with Crippen LogP contribution in [0.2, 0.25) is 0 Å². The Bertz CT molecular complexity index is 496. The second kappa shape index (κ2) is 7.27. The average molecular weight is 288 g/mol. The SMILES string of the molecule is C=C(C)COc1ccc(C(=O)NC[C@@H]2CCN(C)C2)cc1. The fourth-order valence-corrected chi connectivity index (χ4v) is 2.44. The van der Waals surface area contributed by atoms with E-state index in [9.17, 15) is 4.79 Å². The average Bonchev–Trinajstić information content (AvgIpc) is 2.89. The predicted octanol–water partition coefficient (Wildman–Crippen LogP) is 2.32. The normalized spacial score (nSPS) is 18.5. The first-order valence-corrected chi connectivity index (χ1v) is 7.38. The minimum absolute atomic E-state index is 0.0176. The molecule has 1 saturated heterocycles. The number of amides is 1. The molecular weight excluding hydrogens is 264 g/mol. The summed E-state index contributed by atoms with van der Waals surface area (Å²) in [6.45, 7) is 9.14. The molecule has 1 aromatic rings. The molecule has 0 aromatic heterocycles. The van der Waals surface area contributed by atoms with Gasteiger partial charge >= 0.3 is 0 Å². The Balaban J connectivity index is 1.80. The molecule has 0 saturated carbocycles. The minimum atomic E-state index is -0.0176. The Morgan fingerprint density at radius 1 is 1.43 bits per heavy atom. The summed E-state index contributed by atoms with van der Waals surface area (Å²) in [5.41, 5.74) is 1.64. The lowest BCUT2D eigenvalue weighted by Crippen LogP contribution is -2.30. The van der Waals surface area contributed by atoms with E-state index in [-0.39, 0.29) is 5.91 Å². The first-order valence-electron chi connectivity index (χ1n) is 7.38. The lowest BCUT2D eigenvalue weighted by molar-refractivity contribution is 0.0947. The fourth-order valence-electron chi connectivity index (χ4n) is 2.44. The Labute approximate surface area is 126 Å². The van der Waals surface area contributed by atoms with E-state index in [1.807, 2.05) is 19.1 Å². The number of hydrogen-bond donors (Lipinski definition) is 1. The van der Waals surface area contributed by atoms with E-state index in [0.717, 1.165) is 37.4 Å². The number of ether oxygens (including phenoxy) is 1. The molecule has 21 heavy (non-hydrogen) atoms. The van der Waals surface area contributed by atoms with Crippen LogP contribution in [0, 0.1) is 5.92 Å². The minimum Gasteiger partial charge on any atom is -0.489 e. The molecule has 0 aliphatic carbocycles. The summed E-state index contributed by atoms with van der Waals surface area (Å²) in [6.07, 6.45) is 1.16. The molecule has 4 heteroatoms. The number of benzene rings is 1. The van der Waals surface area contributed by atoms with E-state index in [0.29, 0.717) is 18.1 Å². The van der Waals surface area contributed by atoms with Crippen molar-refractivity contribution in [2.45, 2.75) is 13.3 Å². The first-order chi connectivity index (χ1) is 10.0. The molecule has 1 heterocycles. The van der Waals surface area contributed by atoms with Crippen molar-refractivity contribution in [2.75, 3.05) is 33.3 Å². The number of carbonyl (C=O) groups excluding carboxylic acids is 1. The second-order valence-corrected chi connectivity index (χ2v) is 5.90. The summed E-state index contributed by atoms with van der Waals surface area (Å²) in [4.78, 5) is 14.4. The third-order valence-electron chi connectivity index (χ3n) is 3.64. The summed E-state index contributed by atoms with van der Waals surface area (Å²) in [7, 11) is 2.12. The molecule has 4 nitrogen and oxygen atoms in total. The smallest absolute Gasteiger partial charge is 0.251 e. The molecule has 1 fully saturated rings. The highest BCUT2D eigenvalue weighted by atomic mass is 16.5. The van der Waals surface area contributed by atoms with Crippen LogP contribution < -0.4 is 10.1 Å². The highest BCUT2D eigenvalue weighted by molar-refractivity contribution is 5.94. The summed E-state index contributed by atoms with van der Waals surface area (Å²) < 4.78 is 5.52. The van der Waals surface area contributed by atoms with Gasteiger partial charge in [-0.05, 0) is 62.7 Å². The second-order valence-electron chi connectivity index (χ2n) is 5.90. The maximum absolute atomic E-state index is 12.1. The van der Waals surface area contributed by atoms with Crippen molar-refractivity contribution in [1.82, 2.24) is 10.2 Å². The van der Waals surface area contributed by atoms with Crippen LogP contribution in [-0.4, -0.2) is 44.1 Å². The fraction of sp³-hybridized carbons (Fsp3) is 0.471. The van der Waals surface area contributed by atoms with Gasteiger partial charge in [0.1, 0.15) is 12.4 Å². The molecule has 1 N–H and O–H groups in total. The van der Waals surface area contributed by atoms with Crippen LogP contribution in [0.4, 0.5) is 0 Å². The molecule has 1 aliphatic rings. The Hall–Kier alpha value is -1.81. The third kappa shape index (κ3) is 4.90. The molecular formula is C17H24N2O2. The first kappa shape index (κ1) is 15.6. The van der Waals surface area contributed by atoms with Gasteiger partial charge in [0, 0.05) is 18.7 Å². The zero-order chi connectivity index (χ0) is 15.2. The third-order valence-corrected chi connectivity index (χ3v) is 3.64. The summed E-state index contributed by atoms with van der Waals surface area (Å²) in [5.74, 6) is 1.31.